The molecule has 0 radical (unpaired) electrons. The molecule has 1 amide bonds. The molecule has 13 heavy (non-hydrogen) atoms. The van der Waals surface area contributed by atoms with Crippen molar-refractivity contribution in [2.45, 2.75) is 0 Å². The van der Waals surface area contributed by atoms with Gasteiger partial charge in [-0.1, -0.05) is 0 Å². The first-order valence-electron chi connectivity index (χ1n) is 3.84. The maximum Gasteiger partial charge on any atom is 0.267 e. The zero-order chi connectivity index (χ0) is 9.26. The Kier molecular flexibility index (Phi) is 1.70. The van der Waals surface area contributed by atoms with Crippen LogP contribution in [-0.4, -0.2) is 23.7 Å². The monoisotopic (exact) mass is 176 g/mol. The molecule has 0 bridgehead atoms. The Bertz CT molecular complexity index is 386. The molecule has 0 aliphatic carbocycles. The van der Waals surface area contributed by atoms with E-state index in [2.05, 4.69) is 15.3 Å². The van der Waals surface area contributed by atoms with Crippen LogP contribution in [0.2, 0.25) is 0 Å². The van der Waals surface area contributed by atoms with Gasteiger partial charge in [0.1, 0.15) is 11.4 Å². The summed E-state index contributed by atoms with van der Waals surface area (Å²) in [5.41, 5.74) is 6.06. The Morgan fingerprint density at radius 1 is 1.54 bits per heavy atom. The third kappa shape index (κ3) is 1.35. The van der Waals surface area contributed by atoms with E-state index >= 15 is 0 Å². The molecule has 1 aliphatic rings. The Hall–Kier alpha value is -1.91. The molecule has 66 valence electrons. The first-order chi connectivity index (χ1) is 6.27. The van der Waals surface area contributed by atoms with Crippen LogP contribution >= 0.6 is 0 Å². The molecule has 3 N–H and O–H groups in total. The summed E-state index contributed by atoms with van der Waals surface area (Å²) in [6.45, 7) is 0.627. The second-order valence-electron chi connectivity index (χ2n) is 2.62. The van der Waals surface area contributed by atoms with Crippen LogP contribution in [0.4, 0.5) is 11.5 Å². The number of primary amides is 1. The fourth-order valence-electron chi connectivity index (χ4n) is 1.11. The molecular formula is C8H8N4O. The number of aromatic nitrogens is 1. The summed E-state index contributed by atoms with van der Waals surface area (Å²) in [5, 5.41) is 2.99. The van der Waals surface area contributed by atoms with Crippen LogP contribution in [0.15, 0.2) is 17.1 Å². The molecule has 0 aromatic carbocycles. The predicted octanol–water partition coefficient (Wildman–Crippen LogP) is 0.308. The largest absolute Gasteiger partial charge is 0.364 e. The number of nitrogens with two attached hydrogens (primary N) is 1. The minimum Gasteiger partial charge on any atom is -0.364 e. The van der Waals surface area contributed by atoms with Crippen molar-refractivity contribution in [1.82, 2.24) is 4.98 Å². The van der Waals surface area contributed by atoms with Gasteiger partial charge in [-0.25, -0.2) is 4.98 Å². The summed E-state index contributed by atoms with van der Waals surface area (Å²) in [6, 6.07) is 3.27. The van der Waals surface area contributed by atoms with Crippen LogP contribution in [0, 0.1) is 0 Å². The maximum absolute atomic E-state index is 10.8. The molecule has 1 aromatic rings. The number of hydrogen-bond donors (Lipinski definition) is 2. The quantitative estimate of drug-likeness (QED) is 0.646. The van der Waals surface area contributed by atoms with Crippen LogP contribution in [0.1, 0.15) is 10.5 Å². The highest BCUT2D eigenvalue weighted by Crippen LogP contribution is 2.24. The number of hydrogen-bond acceptors (Lipinski definition) is 4. The number of nitrogens with one attached hydrogen (secondary N) is 1. The Morgan fingerprint density at radius 3 is 3.15 bits per heavy atom. The van der Waals surface area contributed by atoms with Gasteiger partial charge in [-0.3, -0.25) is 9.79 Å². The lowest BCUT2D eigenvalue weighted by Gasteiger charge is -2.10. The summed E-state index contributed by atoms with van der Waals surface area (Å²) in [6.07, 6.45) is 1.74. The van der Waals surface area contributed by atoms with Crippen molar-refractivity contribution in [3.63, 3.8) is 0 Å². The van der Waals surface area contributed by atoms with E-state index < -0.39 is 5.91 Å². The summed E-state index contributed by atoms with van der Waals surface area (Å²) in [7, 11) is 0. The van der Waals surface area contributed by atoms with Crippen molar-refractivity contribution in [3.05, 3.63) is 17.8 Å². The number of amides is 1. The van der Waals surface area contributed by atoms with Crippen molar-refractivity contribution in [2.75, 3.05) is 11.9 Å². The van der Waals surface area contributed by atoms with Crippen molar-refractivity contribution in [1.29, 1.82) is 0 Å². The van der Waals surface area contributed by atoms with Gasteiger partial charge in [-0.15, -0.1) is 0 Å². The molecule has 2 rings (SSSR count). The van der Waals surface area contributed by atoms with E-state index in [4.69, 9.17) is 5.73 Å². The smallest absolute Gasteiger partial charge is 0.267 e. The number of nitrogens with zero attached hydrogens (tertiary/aromatic N) is 2. The van der Waals surface area contributed by atoms with Gasteiger partial charge in [0.25, 0.3) is 5.91 Å². The minimum absolute atomic E-state index is 0.253. The minimum atomic E-state index is -0.529. The summed E-state index contributed by atoms with van der Waals surface area (Å²) in [5.74, 6) is 0.0814. The van der Waals surface area contributed by atoms with Crippen LogP contribution in [-0.2, 0) is 0 Å². The maximum atomic E-state index is 10.8. The molecule has 2 heterocycles. The van der Waals surface area contributed by atoms with Crippen LogP contribution in [0.25, 0.3) is 0 Å². The van der Waals surface area contributed by atoms with Gasteiger partial charge in [0.05, 0.1) is 6.54 Å². The molecule has 0 saturated carbocycles. The lowest BCUT2D eigenvalue weighted by atomic mass is 10.3. The average molecular weight is 176 g/mol. The van der Waals surface area contributed by atoms with Gasteiger partial charge < -0.3 is 11.1 Å². The molecule has 1 aromatic heterocycles. The molecule has 5 nitrogen and oxygen atoms in total. The fourth-order valence-corrected chi connectivity index (χ4v) is 1.11. The Morgan fingerprint density at radius 2 is 2.38 bits per heavy atom. The fraction of sp³-hybridized carbons (Fsp3) is 0.125. The zero-order valence-electron chi connectivity index (χ0n) is 6.82. The van der Waals surface area contributed by atoms with Crippen LogP contribution < -0.4 is 11.1 Å². The lowest BCUT2D eigenvalue weighted by molar-refractivity contribution is 0.0996. The molecule has 0 fully saturated rings. The van der Waals surface area contributed by atoms with Crippen LogP contribution in [0.3, 0.4) is 0 Å². The normalized spacial score (nSPS) is 13.2. The van der Waals surface area contributed by atoms with Crippen molar-refractivity contribution >= 4 is 23.6 Å². The number of pyridine rings is 1. The summed E-state index contributed by atoms with van der Waals surface area (Å²) >= 11 is 0. The molecule has 0 saturated heterocycles. The molecule has 0 unspecified atom stereocenters. The van der Waals surface area contributed by atoms with Gasteiger partial charge in [0, 0.05) is 6.21 Å². The van der Waals surface area contributed by atoms with Gasteiger partial charge in [0.2, 0.25) is 0 Å². The van der Waals surface area contributed by atoms with Gasteiger partial charge in [-0.05, 0) is 12.1 Å². The van der Waals surface area contributed by atoms with Gasteiger partial charge in [-0.2, -0.15) is 0 Å². The van der Waals surface area contributed by atoms with Crippen molar-refractivity contribution in [3.8, 4) is 0 Å². The first kappa shape index (κ1) is 7.72. The van der Waals surface area contributed by atoms with E-state index in [1.807, 2.05) is 0 Å². The van der Waals surface area contributed by atoms with Crippen LogP contribution in [0.5, 0.6) is 0 Å². The van der Waals surface area contributed by atoms with E-state index in [1.165, 1.54) is 0 Å². The highest BCUT2D eigenvalue weighted by atomic mass is 16.1. The molecular weight excluding hydrogens is 168 g/mol. The first-order valence-corrected chi connectivity index (χ1v) is 3.84. The van der Waals surface area contributed by atoms with E-state index in [1.54, 1.807) is 18.3 Å². The topological polar surface area (TPSA) is 80.4 Å². The van der Waals surface area contributed by atoms with Crippen molar-refractivity contribution in [2.24, 2.45) is 10.7 Å². The predicted molar refractivity (Wildman–Crippen MR) is 49.4 cm³/mol. The molecule has 0 atom stereocenters. The van der Waals surface area contributed by atoms with E-state index in [0.717, 1.165) is 5.69 Å². The lowest BCUT2D eigenvalue weighted by Crippen LogP contribution is -2.15. The van der Waals surface area contributed by atoms with E-state index in [9.17, 15) is 4.79 Å². The van der Waals surface area contributed by atoms with Gasteiger partial charge in [0.15, 0.2) is 5.82 Å². The van der Waals surface area contributed by atoms with Gasteiger partial charge >= 0.3 is 0 Å². The average Bonchev–Trinajstić information content (AvgIpc) is 2.17. The third-order valence-electron chi connectivity index (χ3n) is 1.72. The molecule has 0 spiro atoms. The standard InChI is InChI=1S/C8H8N4O/c9-7(13)5-1-2-6-8(12-5)11-4-3-10-6/h1-3H,4H2,(H2,9,13)(H,11,12). The zero-order valence-corrected chi connectivity index (χ0v) is 6.82. The number of carbonyl (C=O) groups is 1. The summed E-state index contributed by atoms with van der Waals surface area (Å²) < 4.78 is 0. The number of anilines is 1. The number of rotatable bonds is 1. The Balaban J connectivity index is 2.48. The second-order valence-corrected chi connectivity index (χ2v) is 2.62. The number of fused-ring (bicyclic) bond motifs is 1. The van der Waals surface area contributed by atoms with Crippen molar-refractivity contribution < 1.29 is 4.79 Å². The van der Waals surface area contributed by atoms with E-state index in [-0.39, 0.29) is 5.69 Å². The Labute approximate surface area is 74.7 Å². The highest BCUT2D eigenvalue weighted by molar-refractivity contribution is 5.92. The molecule has 5 heteroatoms. The molecule has 1 aliphatic heterocycles. The number of carbonyl (C=O) groups excluding carboxylic acids is 1. The van der Waals surface area contributed by atoms with E-state index in [0.29, 0.717) is 12.4 Å². The number of aliphatic imine (C=N–C) groups is 1. The highest BCUT2D eigenvalue weighted by Gasteiger charge is 2.09. The second kappa shape index (κ2) is 2.85. The third-order valence-corrected chi connectivity index (χ3v) is 1.72. The summed E-state index contributed by atoms with van der Waals surface area (Å²) in [4.78, 5) is 18.9. The SMILES string of the molecule is NC(=O)c1ccc2c(n1)NCC=N2.